The van der Waals surface area contributed by atoms with Crippen LogP contribution in [0.1, 0.15) is 33.7 Å². The molecule has 3 aromatic rings. The number of rotatable bonds is 6. The highest BCUT2D eigenvalue weighted by molar-refractivity contribution is 7.10. The number of nitrogens with one attached hydrogen (secondary N) is 1. The number of quaternary nitrogens is 1. The molecule has 0 fully saturated rings. The van der Waals surface area contributed by atoms with E-state index in [0.29, 0.717) is 6.54 Å². The van der Waals surface area contributed by atoms with Gasteiger partial charge in [-0.3, -0.25) is 0 Å². The fourth-order valence-electron chi connectivity index (χ4n) is 4.15. The lowest BCUT2D eigenvalue weighted by molar-refractivity contribution is -0.931. The first-order valence-corrected chi connectivity index (χ1v) is 10.4. The molecule has 0 spiro atoms. The molecule has 3 atom stereocenters. The van der Waals surface area contributed by atoms with Crippen LogP contribution in [0.3, 0.4) is 0 Å². The molecule has 0 radical (unpaired) electrons. The van der Waals surface area contributed by atoms with Gasteiger partial charge in [-0.1, -0.05) is 36.4 Å². The van der Waals surface area contributed by atoms with E-state index >= 15 is 0 Å². The summed E-state index contributed by atoms with van der Waals surface area (Å²) in [6.07, 6.45) is 0.467. The van der Waals surface area contributed by atoms with Gasteiger partial charge in [-0.2, -0.15) is 0 Å². The Bertz CT molecular complexity index is 911. The van der Waals surface area contributed by atoms with E-state index in [1.807, 2.05) is 30.3 Å². The lowest BCUT2D eigenvalue weighted by atomic mass is 9.90. The van der Waals surface area contributed by atoms with Crippen molar-refractivity contribution in [3.05, 3.63) is 81.5 Å². The number of ether oxygens (including phenoxy) is 2. The number of benzene rings is 2. The van der Waals surface area contributed by atoms with Crippen molar-refractivity contribution in [3.63, 3.8) is 0 Å². The predicted molar refractivity (Wildman–Crippen MR) is 112 cm³/mol. The van der Waals surface area contributed by atoms with Crippen molar-refractivity contribution in [2.24, 2.45) is 0 Å². The molecule has 2 N–H and O–H groups in total. The van der Waals surface area contributed by atoms with Gasteiger partial charge in [0, 0.05) is 12.0 Å². The average Bonchev–Trinajstić information content (AvgIpc) is 3.27. The number of hydrogen-bond donors (Lipinski definition) is 2. The molecule has 0 aliphatic carbocycles. The Morgan fingerprint density at radius 2 is 1.82 bits per heavy atom. The van der Waals surface area contributed by atoms with E-state index in [1.54, 1.807) is 25.6 Å². The van der Waals surface area contributed by atoms with Crippen LogP contribution in [0.5, 0.6) is 11.5 Å². The Hall–Kier alpha value is -2.34. The molecule has 1 unspecified atom stereocenters. The van der Waals surface area contributed by atoms with Gasteiger partial charge in [-0.15, -0.1) is 11.3 Å². The van der Waals surface area contributed by atoms with Crippen LogP contribution in [0.15, 0.2) is 60.0 Å². The first-order valence-electron chi connectivity index (χ1n) is 9.57. The molecule has 1 aromatic heterocycles. The second-order valence-electron chi connectivity index (χ2n) is 7.14. The first kappa shape index (κ1) is 19.0. The summed E-state index contributed by atoms with van der Waals surface area (Å²) in [5.74, 6) is 1.53. The second-order valence-corrected chi connectivity index (χ2v) is 8.12. The smallest absolute Gasteiger partial charge is 0.161 e. The quantitative estimate of drug-likeness (QED) is 0.673. The molecule has 146 valence electrons. The summed E-state index contributed by atoms with van der Waals surface area (Å²) in [6.45, 7) is 1.63. The van der Waals surface area contributed by atoms with Crippen molar-refractivity contribution in [2.75, 3.05) is 27.3 Å². The van der Waals surface area contributed by atoms with Gasteiger partial charge in [0.05, 0.1) is 25.6 Å². The summed E-state index contributed by atoms with van der Waals surface area (Å²) < 4.78 is 11.1. The molecule has 1 aliphatic rings. The van der Waals surface area contributed by atoms with E-state index in [0.717, 1.165) is 30.0 Å². The molecule has 5 heteroatoms. The minimum Gasteiger partial charge on any atom is -0.493 e. The summed E-state index contributed by atoms with van der Waals surface area (Å²) >= 11 is 1.77. The highest BCUT2D eigenvalue weighted by Gasteiger charge is 2.35. The summed E-state index contributed by atoms with van der Waals surface area (Å²) in [5, 5.41) is 13.0. The van der Waals surface area contributed by atoms with Gasteiger partial charge in [-0.05, 0) is 34.7 Å². The molecule has 28 heavy (non-hydrogen) atoms. The molecule has 0 amide bonds. The largest absolute Gasteiger partial charge is 0.493 e. The van der Waals surface area contributed by atoms with E-state index < -0.39 is 6.10 Å². The predicted octanol–water partition coefficient (Wildman–Crippen LogP) is 3.03. The second kappa shape index (κ2) is 8.35. The van der Waals surface area contributed by atoms with Crippen LogP contribution in [-0.4, -0.2) is 32.4 Å². The van der Waals surface area contributed by atoms with Gasteiger partial charge in [0.25, 0.3) is 0 Å². The highest BCUT2D eigenvalue weighted by Crippen LogP contribution is 2.37. The minimum atomic E-state index is -0.486. The van der Waals surface area contributed by atoms with E-state index in [2.05, 4.69) is 29.6 Å². The van der Waals surface area contributed by atoms with E-state index in [-0.39, 0.29) is 6.04 Å². The molecule has 2 aromatic carbocycles. The number of aliphatic hydroxyl groups excluding tert-OH is 1. The van der Waals surface area contributed by atoms with E-state index in [9.17, 15) is 5.11 Å². The van der Waals surface area contributed by atoms with Gasteiger partial charge < -0.3 is 19.5 Å². The fourth-order valence-corrected chi connectivity index (χ4v) is 5.05. The Morgan fingerprint density at radius 1 is 1.07 bits per heavy atom. The number of hydrogen-bond acceptors (Lipinski definition) is 4. The standard InChI is InChI=1S/C23H25NO3S/c1-26-20-13-17-10-11-24(15-19(25)16-7-4-3-5-8-16)23(22-9-6-12-28-22)18(17)14-21(20)27-2/h3-9,12-14,19,23,25H,10-11,15H2,1-2H3/p+1/t19-,23-/m0/s1. The summed E-state index contributed by atoms with van der Waals surface area (Å²) in [4.78, 5) is 2.68. The number of methoxy groups -OCH3 is 2. The van der Waals surface area contributed by atoms with Crippen LogP contribution >= 0.6 is 11.3 Å². The number of thiophene rings is 1. The molecule has 2 heterocycles. The summed E-state index contributed by atoms with van der Waals surface area (Å²) in [7, 11) is 3.36. The molecule has 0 saturated carbocycles. The lowest BCUT2D eigenvalue weighted by Gasteiger charge is -2.35. The van der Waals surface area contributed by atoms with Crippen molar-refractivity contribution < 1.29 is 19.5 Å². The Kier molecular flexibility index (Phi) is 5.67. The van der Waals surface area contributed by atoms with Gasteiger partial charge in [-0.25, -0.2) is 0 Å². The zero-order valence-electron chi connectivity index (χ0n) is 16.2. The molecule has 4 rings (SSSR count). The molecule has 1 aliphatic heterocycles. The van der Waals surface area contributed by atoms with Crippen LogP contribution in [-0.2, 0) is 6.42 Å². The summed E-state index contributed by atoms with van der Waals surface area (Å²) in [5.41, 5.74) is 3.54. The van der Waals surface area contributed by atoms with Crippen LogP contribution in [0, 0.1) is 0 Å². The maximum Gasteiger partial charge on any atom is 0.161 e. The zero-order chi connectivity index (χ0) is 19.5. The van der Waals surface area contributed by atoms with Crippen molar-refractivity contribution in [1.29, 1.82) is 0 Å². The van der Waals surface area contributed by atoms with E-state index in [4.69, 9.17) is 9.47 Å². The van der Waals surface area contributed by atoms with Crippen LogP contribution in [0.25, 0.3) is 0 Å². The third kappa shape index (κ3) is 3.65. The molecular weight excluding hydrogens is 370 g/mol. The maximum atomic E-state index is 10.9. The average molecular weight is 397 g/mol. The van der Waals surface area contributed by atoms with Crippen LogP contribution in [0.2, 0.25) is 0 Å². The lowest BCUT2D eigenvalue weighted by Crippen LogP contribution is -3.14. The number of aliphatic hydroxyl groups is 1. The van der Waals surface area contributed by atoms with Crippen molar-refractivity contribution in [2.45, 2.75) is 18.6 Å². The van der Waals surface area contributed by atoms with Gasteiger partial charge in [0.1, 0.15) is 18.7 Å². The topological polar surface area (TPSA) is 43.1 Å². The van der Waals surface area contributed by atoms with Gasteiger partial charge in [0.2, 0.25) is 0 Å². The Morgan fingerprint density at radius 3 is 2.50 bits per heavy atom. The van der Waals surface area contributed by atoms with Crippen LogP contribution < -0.4 is 14.4 Å². The first-order chi connectivity index (χ1) is 13.7. The van der Waals surface area contributed by atoms with Crippen molar-refractivity contribution >= 4 is 11.3 Å². The Labute approximate surface area is 170 Å². The molecule has 0 saturated heterocycles. The maximum absolute atomic E-state index is 10.9. The minimum absolute atomic E-state index is 0.182. The Balaban J connectivity index is 1.71. The van der Waals surface area contributed by atoms with Crippen LogP contribution in [0.4, 0.5) is 0 Å². The third-order valence-corrected chi connectivity index (χ3v) is 6.48. The monoisotopic (exact) mass is 396 g/mol. The molecule has 0 bridgehead atoms. The molecule has 4 nitrogen and oxygen atoms in total. The van der Waals surface area contributed by atoms with Crippen molar-refractivity contribution in [3.8, 4) is 11.5 Å². The normalized spacial score (nSPS) is 19.7. The van der Waals surface area contributed by atoms with Gasteiger partial charge in [0.15, 0.2) is 11.5 Å². The third-order valence-electron chi connectivity index (χ3n) is 5.55. The fraction of sp³-hybridized carbons (Fsp3) is 0.304. The molecular formula is C23H26NO3S+. The number of fused-ring (bicyclic) bond motifs is 1. The summed E-state index contributed by atoms with van der Waals surface area (Å²) in [6, 6.07) is 18.6. The SMILES string of the molecule is COc1cc2c(cc1OC)[C@@H](c1cccs1)[NH+](C[C@H](O)c1ccccc1)CC2. The van der Waals surface area contributed by atoms with Gasteiger partial charge >= 0.3 is 0 Å². The zero-order valence-corrected chi connectivity index (χ0v) is 17.0. The van der Waals surface area contributed by atoms with Crippen molar-refractivity contribution in [1.82, 2.24) is 0 Å². The van der Waals surface area contributed by atoms with E-state index in [1.165, 1.54) is 20.9 Å². The highest BCUT2D eigenvalue weighted by atomic mass is 32.1.